The average molecular weight is 316 g/mol. The van der Waals surface area contributed by atoms with Gasteiger partial charge in [-0.15, -0.1) is 0 Å². The van der Waals surface area contributed by atoms with Crippen LogP contribution in [0.25, 0.3) is 0 Å². The van der Waals surface area contributed by atoms with Crippen LogP contribution in [0.3, 0.4) is 0 Å². The van der Waals surface area contributed by atoms with Crippen molar-refractivity contribution in [1.82, 2.24) is 10.6 Å². The third-order valence-electron chi connectivity index (χ3n) is 3.03. The molecule has 0 atom stereocenters. The van der Waals surface area contributed by atoms with E-state index in [-0.39, 0.29) is 38.3 Å². The first-order valence-electron chi connectivity index (χ1n) is 6.89. The molecule has 0 aromatic rings. The summed E-state index contributed by atoms with van der Waals surface area (Å²) in [5.74, 6) is -0.552. The van der Waals surface area contributed by atoms with Crippen molar-refractivity contribution in [2.75, 3.05) is 26.5 Å². The second-order valence-corrected chi connectivity index (χ2v) is 5.08. The summed E-state index contributed by atoms with van der Waals surface area (Å²) in [6.07, 6.45) is 0.594. The molecule has 0 rings (SSSR count). The van der Waals surface area contributed by atoms with Gasteiger partial charge in [0.05, 0.1) is 26.5 Å². The van der Waals surface area contributed by atoms with E-state index in [0.717, 1.165) is 0 Å². The standard InChI is InChI=1S/C9H14N2O2.C6H14O3/c1-6(2)8(12)10-5-11-9(13)7(3)4;1-2-6(3-7,4-8)5-9/h1,3,5H2,2,4H3,(H,10,12)(H,11,13);7-9H,2-5H2,1H3. The molecule has 2 amide bonds. The van der Waals surface area contributed by atoms with Gasteiger partial charge in [0, 0.05) is 16.6 Å². The van der Waals surface area contributed by atoms with Crippen LogP contribution in [-0.4, -0.2) is 53.6 Å². The Bertz CT molecular complexity index is 346. The van der Waals surface area contributed by atoms with E-state index >= 15 is 0 Å². The van der Waals surface area contributed by atoms with Gasteiger partial charge in [0.15, 0.2) is 0 Å². The molecule has 0 aromatic heterocycles. The summed E-state index contributed by atoms with van der Waals surface area (Å²) in [5, 5.41) is 30.9. The summed E-state index contributed by atoms with van der Waals surface area (Å²) in [7, 11) is 0. The zero-order valence-electron chi connectivity index (χ0n) is 13.6. The van der Waals surface area contributed by atoms with Crippen LogP contribution in [0.1, 0.15) is 27.2 Å². The highest BCUT2D eigenvalue weighted by molar-refractivity contribution is 5.94. The van der Waals surface area contributed by atoms with Gasteiger partial charge < -0.3 is 26.0 Å². The molecular weight excluding hydrogens is 288 g/mol. The summed E-state index contributed by atoms with van der Waals surface area (Å²) in [6.45, 7) is 11.5. The summed E-state index contributed by atoms with van der Waals surface area (Å²) < 4.78 is 0. The normalized spacial score (nSPS) is 10.1. The SMILES string of the molecule is C=C(C)C(=O)NCNC(=O)C(=C)C.CCC(CO)(CO)CO. The Balaban J connectivity index is 0. The van der Waals surface area contributed by atoms with E-state index in [2.05, 4.69) is 23.8 Å². The van der Waals surface area contributed by atoms with Crippen LogP contribution in [0.5, 0.6) is 0 Å². The Morgan fingerprint density at radius 3 is 1.36 bits per heavy atom. The summed E-state index contributed by atoms with van der Waals surface area (Å²) in [6, 6.07) is 0. The number of hydrogen-bond acceptors (Lipinski definition) is 5. The molecule has 0 spiro atoms. The van der Waals surface area contributed by atoms with Crippen molar-refractivity contribution in [2.45, 2.75) is 27.2 Å². The van der Waals surface area contributed by atoms with Gasteiger partial charge in [0.1, 0.15) is 0 Å². The maximum Gasteiger partial charge on any atom is 0.247 e. The third kappa shape index (κ3) is 9.28. The molecule has 0 bridgehead atoms. The molecule has 7 nitrogen and oxygen atoms in total. The molecule has 0 aliphatic heterocycles. The molecule has 5 N–H and O–H groups in total. The largest absolute Gasteiger partial charge is 0.396 e. The number of amides is 2. The second kappa shape index (κ2) is 11.9. The summed E-state index contributed by atoms with van der Waals surface area (Å²) >= 11 is 0. The molecule has 128 valence electrons. The van der Waals surface area contributed by atoms with E-state index < -0.39 is 5.41 Å². The first-order chi connectivity index (χ1) is 10.2. The Hall–Kier alpha value is -1.70. The van der Waals surface area contributed by atoms with Crippen molar-refractivity contribution in [1.29, 1.82) is 0 Å². The minimum atomic E-state index is -0.667. The zero-order chi connectivity index (χ0) is 17.8. The maximum absolute atomic E-state index is 10.9. The lowest BCUT2D eigenvalue weighted by Gasteiger charge is -2.24. The van der Waals surface area contributed by atoms with E-state index in [1.807, 2.05) is 6.92 Å². The van der Waals surface area contributed by atoms with Crippen molar-refractivity contribution in [3.8, 4) is 0 Å². The molecule has 7 heteroatoms. The van der Waals surface area contributed by atoms with Crippen molar-refractivity contribution in [3.63, 3.8) is 0 Å². The lowest BCUT2D eigenvalue weighted by Crippen LogP contribution is -2.37. The smallest absolute Gasteiger partial charge is 0.247 e. The van der Waals surface area contributed by atoms with Crippen LogP contribution in [0.4, 0.5) is 0 Å². The summed E-state index contributed by atoms with van der Waals surface area (Å²) in [5.41, 5.74) is 0.147. The molecule has 0 saturated heterocycles. The molecule has 0 fully saturated rings. The van der Waals surface area contributed by atoms with Crippen molar-refractivity contribution < 1.29 is 24.9 Å². The Kier molecular flexibility index (Phi) is 12.2. The number of aliphatic hydroxyl groups excluding tert-OH is 3. The van der Waals surface area contributed by atoms with Crippen molar-refractivity contribution in [2.24, 2.45) is 5.41 Å². The van der Waals surface area contributed by atoms with Gasteiger partial charge in [0.2, 0.25) is 11.8 Å². The van der Waals surface area contributed by atoms with Gasteiger partial charge in [-0.1, -0.05) is 20.1 Å². The molecule has 0 saturated carbocycles. The van der Waals surface area contributed by atoms with Crippen LogP contribution >= 0.6 is 0 Å². The molecule has 0 aromatic carbocycles. The van der Waals surface area contributed by atoms with E-state index in [9.17, 15) is 9.59 Å². The van der Waals surface area contributed by atoms with Gasteiger partial charge in [-0.05, 0) is 20.3 Å². The third-order valence-corrected chi connectivity index (χ3v) is 3.03. The first-order valence-corrected chi connectivity index (χ1v) is 6.89. The molecule has 0 aliphatic carbocycles. The fraction of sp³-hybridized carbons (Fsp3) is 0.600. The molecule has 0 radical (unpaired) electrons. The number of rotatable bonds is 8. The quantitative estimate of drug-likeness (QED) is 0.311. The van der Waals surface area contributed by atoms with Crippen molar-refractivity contribution >= 4 is 11.8 Å². The average Bonchev–Trinajstić information content (AvgIpc) is 2.50. The van der Waals surface area contributed by atoms with Gasteiger partial charge in [-0.25, -0.2) is 0 Å². The Morgan fingerprint density at radius 1 is 0.909 bits per heavy atom. The molecule has 0 heterocycles. The van der Waals surface area contributed by atoms with Crippen molar-refractivity contribution in [3.05, 3.63) is 24.3 Å². The number of carbonyl (C=O) groups is 2. The van der Waals surface area contributed by atoms with Crippen LogP contribution in [0.2, 0.25) is 0 Å². The topological polar surface area (TPSA) is 119 Å². The molecular formula is C15H28N2O5. The Labute approximate surface area is 131 Å². The first kappa shape index (κ1) is 22.6. The van der Waals surface area contributed by atoms with Gasteiger partial charge >= 0.3 is 0 Å². The van der Waals surface area contributed by atoms with Crippen LogP contribution < -0.4 is 10.6 Å². The summed E-state index contributed by atoms with van der Waals surface area (Å²) in [4.78, 5) is 21.8. The van der Waals surface area contributed by atoms with Gasteiger partial charge in [0.25, 0.3) is 0 Å². The second-order valence-electron chi connectivity index (χ2n) is 5.08. The van der Waals surface area contributed by atoms with E-state index in [1.165, 1.54) is 0 Å². The fourth-order valence-electron chi connectivity index (χ4n) is 0.992. The van der Waals surface area contributed by atoms with Crippen LogP contribution in [0, 0.1) is 5.41 Å². The monoisotopic (exact) mass is 316 g/mol. The maximum atomic E-state index is 10.9. The van der Waals surface area contributed by atoms with E-state index in [0.29, 0.717) is 17.6 Å². The molecule has 0 unspecified atom stereocenters. The van der Waals surface area contributed by atoms with E-state index in [1.54, 1.807) is 13.8 Å². The van der Waals surface area contributed by atoms with Crippen LogP contribution in [-0.2, 0) is 9.59 Å². The predicted octanol–water partition coefficient (Wildman–Crippen LogP) is -0.312. The fourth-order valence-corrected chi connectivity index (χ4v) is 0.992. The number of nitrogens with one attached hydrogen (secondary N) is 2. The Morgan fingerprint density at radius 2 is 1.23 bits per heavy atom. The number of hydrogen-bond donors (Lipinski definition) is 5. The lowest BCUT2D eigenvalue weighted by molar-refractivity contribution is -0.119. The van der Waals surface area contributed by atoms with Gasteiger partial charge in [-0.3, -0.25) is 9.59 Å². The highest BCUT2D eigenvalue weighted by Crippen LogP contribution is 2.18. The number of aliphatic hydroxyl groups is 3. The highest BCUT2D eigenvalue weighted by Gasteiger charge is 2.24. The molecule has 0 aliphatic rings. The zero-order valence-corrected chi connectivity index (χ0v) is 13.6. The van der Waals surface area contributed by atoms with Crippen LogP contribution in [0.15, 0.2) is 24.3 Å². The minimum Gasteiger partial charge on any atom is -0.396 e. The minimum absolute atomic E-state index is 0.0946. The molecule has 22 heavy (non-hydrogen) atoms. The van der Waals surface area contributed by atoms with Gasteiger partial charge in [-0.2, -0.15) is 0 Å². The highest BCUT2D eigenvalue weighted by atomic mass is 16.3. The lowest BCUT2D eigenvalue weighted by atomic mass is 9.88. The predicted molar refractivity (Wildman–Crippen MR) is 84.8 cm³/mol. The number of carbonyl (C=O) groups excluding carboxylic acids is 2. The van der Waals surface area contributed by atoms with E-state index in [4.69, 9.17) is 15.3 Å².